The molecule has 1 saturated carbocycles. The first-order chi connectivity index (χ1) is 11.3. The Kier molecular flexibility index (Phi) is 4.44. The van der Waals surface area contributed by atoms with Crippen molar-refractivity contribution < 1.29 is 9.53 Å². The highest BCUT2D eigenvalue weighted by atomic mass is 28.3. The number of rotatable bonds is 7. The fourth-order valence-electron chi connectivity index (χ4n) is 5.18. The SMILES string of the molecule is CCCCCC[C@@]1(C)[C@H]2[C@@H]1C(=O)O[C@]2(c1ccccc1)[Si](C)(C)C. The normalized spacial score (nSPS) is 34.8. The molecule has 0 unspecified atom stereocenters. The van der Waals surface area contributed by atoms with Gasteiger partial charge in [0.05, 0.1) is 5.92 Å². The van der Waals surface area contributed by atoms with Crippen LogP contribution in [0.5, 0.6) is 0 Å². The minimum absolute atomic E-state index is 0.0595. The number of carbonyl (C=O) groups excluding carboxylic acids is 1. The third-order valence-corrected chi connectivity index (χ3v) is 9.41. The Hall–Kier alpha value is -1.09. The van der Waals surface area contributed by atoms with E-state index in [2.05, 4.69) is 57.8 Å². The average Bonchev–Trinajstić information content (AvgIpc) is 2.98. The third-order valence-electron chi connectivity index (χ3n) is 6.48. The van der Waals surface area contributed by atoms with E-state index in [0.717, 1.165) is 6.42 Å². The summed E-state index contributed by atoms with van der Waals surface area (Å²) in [6.07, 6.45) is 6.24. The molecule has 1 aromatic rings. The van der Waals surface area contributed by atoms with E-state index in [1.165, 1.54) is 31.2 Å². The lowest BCUT2D eigenvalue weighted by molar-refractivity contribution is -0.152. The number of hydrogen-bond acceptors (Lipinski definition) is 2. The summed E-state index contributed by atoms with van der Waals surface area (Å²) < 4.78 is 6.21. The first kappa shape index (κ1) is 17.7. The van der Waals surface area contributed by atoms with Crippen molar-refractivity contribution in [2.75, 3.05) is 0 Å². The molecule has 1 heterocycles. The minimum Gasteiger partial charge on any atom is -0.458 e. The van der Waals surface area contributed by atoms with E-state index in [1.54, 1.807) is 0 Å². The second-order valence-electron chi connectivity index (χ2n) is 9.04. The molecule has 3 heteroatoms. The van der Waals surface area contributed by atoms with Gasteiger partial charge in [0.1, 0.15) is 13.3 Å². The molecule has 2 nitrogen and oxygen atoms in total. The molecule has 2 aliphatic rings. The van der Waals surface area contributed by atoms with Gasteiger partial charge in [-0.05, 0) is 17.4 Å². The maximum Gasteiger partial charge on any atom is 0.310 e. The lowest BCUT2D eigenvalue weighted by Crippen LogP contribution is -2.53. The number of carbonyl (C=O) groups is 1. The second-order valence-corrected chi connectivity index (χ2v) is 14.3. The van der Waals surface area contributed by atoms with Gasteiger partial charge in [0.25, 0.3) is 0 Å². The summed E-state index contributed by atoms with van der Waals surface area (Å²) in [4.78, 5) is 12.8. The molecule has 4 atom stereocenters. The van der Waals surface area contributed by atoms with Crippen LogP contribution in [0.25, 0.3) is 0 Å². The standard InChI is InChI=1S/C21H32O2Si/c1-6-7-8-12-15-20(2)17-18(20)21(23-19(17)22,24(3,4)5)16-13-10-9-11-14-16/h9-11,13-14,17-18H,6-8,12,15H2,1-5H3/t17-,18-,20-,21-/m1/s1. The van der Waals surface area contributed by atoms with Crippen molar-refractivity contribution in [2.45, 2.75) is 70.8 Å². The number of benzene rings is 1. The summed E-state index contributed by atoms with van der Waals surface area (Å²) in [5.41, 5.74) is 1.36. The van der Waals surface area contributed by atoms with Crippen LogP contribution in [0.4, 0.5) is 0 Å². The molecule has 1 aliphatic heterocycles. The van der Waals surface area contributed by atoms with E-state index in [1.807, 2.05) is 6.07 Å². The van der Waals surface area contributed by atoms with Crippen LogP contribution >= 0.6 is 0 Å². The number of hydrogen-bond donors (Lipinski definition) is 0. The maximum absolute atomic E-state index is 12.8. The van der Waals surface area contributed by atoms with E-state index in [0.29, 0.717) is 5.92 Å². The van der Waals surface area contributed by atoms with Gasteiger partial charge in [-0.3, -0.25) is 4.79 Å². The first-order valence-electron chi connectivity index (χ1n) is 9.57. The van der Waals surface area contributed by atoms with Crippen molar-refractivity contribution in [1.82, 2.24) is 0 Å². The Bertz CT molecular complexity index is 606. The maximum atomic E-state index is 12.8. The minimum atomic E-state index is -1.76. The molecule has 0 spiro atoms. The van der Waals surface area contributed by atoms with E-state index in [9.17, 15) is 4.79 Å². The van der Waals surface area contributed by atoms with Crippen molar-refractivity contribution in [3.05, 3.63) is 35.9 Å². The fourth-order valence-corrected chi connectivity index (χ4v) is 8.04. The van der Waals surface area contributed by atoms with Crippen molar-refractivity contribution in [3.8, 4) is 0 Å². The highest BCUT2D eigenvalue weighted by Gasteiger charge is 2.81. The smallest absolute Gasteiger partial charge is 0.310 e. The van der Waals surface area contributed by atoms with Gasteiger partial charge < -0.3 is 4.74 Å². The molecular formula is C21H32O2Si. The van der Waals surface area contributed by atoms with Gasteiger partial charge in [-0.25, -0.2) is 0 Å². The summed E-state index contributed by atoms with van der Waals surface area (Å²) in [7, 11) is -1.76. The van der Waals surface area contributed by atoms with Crippen LogP contribution in [0.3, 0.4) is 0 Å². The lowest BCUT2D eigenvalue weighted by atomic mass is 9.91. The second kappa shape index (κ2) is 6.01. The number of unbranched alkanes of at least 4 members (excludes halogenated alkanes) is 3. The number of fused-ring (bicyclic) bond motifs is 1. The molecule has 2 fully saturated rings. The molecule has 24 heavy (non-hydrogen) atoms. The topological polar surface area (TPSA) is 26.3 Å². The Morgan fingerprint density at radius 1 is 1.08 bits per heavy atom. The quantitative estimate of drug-likeness (QED) is 0.369. The molecule has 132 valence electrons. The van der Waals surface area contributed by atoms with Crippen LogP contribution in [0.2, 0.25) is 19.6 Å². The summed E-state index contributed by atoms with van der Waals surface area (Å²) >= 11 is 0. The Labute approximate surface area is 148 Å². The van der Waals surface area contributed by atoms with Crippen molar-refractivity contribution in [1.29, 1.82) is 0 Å². The van der Waals surface area contributed by atoms with Crippen LogP contribution in [-0.2, 0) is 14.8 Å². The van der Waals surface area contributed by atoms with Crippen LogP contribution < -0.4 is 0 Å². The molecule has 0 radical (unpaired) electrons. The van der Waals surface area contributed by atoms with Gasteiger partial charge in [-0.2, -0.15) is 0 Å². The van der Waals surface area contributed by atoms with Crippen LogP contribution in [0.1, 0.15) is 51.5 Å². The number of ether oxygens (including phenoxy) is 1. The zero-order valence-corrected chi connectivity index (χ0v) is 16.9. The zero-order chi connectivity index (χ0) is 17.6. The third kappa shape index (κ3) is 2.47. The molecule has 0 aromatic heterocycles. The molecule has 0 N–H and O–H groups in total. The molecule has 0 amide bonds. The highest BCUT2D eigenvalue weighted by molar-refractivity contribution is 6.79. The Morgan fingerprint density at radius 3 is 2.33 bits per heavy atom. The van der Waals surface area contributed by atoms with E-state index >= 15 is 0 Å². The monoisotopic (exact) mass is 344 g/mol. The molecule has 1 saturated heterocycles. The van der Waals surface area contributed by atoms with E-state index in [-0.39, 0.29) is 22.5 Å². The summed E-state index contributed by atoms with van der Waals surface area (Å²) in [5.74, 6) is 0.545. The van der Waals surface area contributed by atoms with Crippen molar-refractivity contribution in [2.24, 2.45) is 17.3 Å². The number of cyclic esters (lactones) is 1. The van der Waals surface area contributed by atoms with Crippen LogP contribution in [0, 0.1) is 17.3 Å². The van der Waals surface area contributed by atoms with Gasteiger partial charge in [0, 0.05) is 5.92 Å². The Balaban J connectivity index is 1.93. The van der Waals surface area contributed by atoms with Crippen molar-refractivity contribution >= 4 is 14.0 Å². The van der Waals surface area contributed by atoms with Crippen LogP contribution in [0.15, 0.2) is 30.3 Å². The summed E-state index contributed by atoms with van der Waals surface area (Å²) in [5, 5.41) is -0.352. The molecule has 0 bridgehead atoms. The van der Waals surface area contributed by atoms with Gasteiger partial charge in [0.15, 0.2) is 0 Å². The molecule has 1 aliphatic carbocycles. The molecule has 3 rings (SSSR count). The van der Waals surface area contributed by atoms with Gasteiger partial charge >= 0.3 is 5.97 Å². The lowest BCUT2D eigenvalue weighted by Gasteiger charge is -2.43. The van der Waals surface area contributed by atoms with Crippen LogP contribution in [-0.4, -0.2) is 14.0 Å². The first-order valence-corrected chi connectivity index (χ1v) is 13.1. The van der Waals surface area contributed by atoms with Crippen molar-refractivity contribution in [3.63, 3.8) is 0 Å². The van der Waals surface area contributed by atoms with Gasteiger partial charge in [-0.15, -0.1) is 0 Å². The van der Waals surface area contributed by atoms with E-state index in [4.69, 9.17) is 4.74 Å². The van der Waals surface area contributed by atoms with Gasteiger partial charge in [-0.1, -0.05) is 89.5 Å². The van der Waals surface area contributed by atoms with E-state index < -0.39 is 8.07 Å². The van der Waals surface area contributed by atoms with Gasteiger partial charge in [0.2, 0.25) is 0 Å². The largest absolute Gasteiger partial charge is 0.458 e. The zero-order valence-electron chi connectivity index (χ0n) is 15.9. The average molecular weight is 345 g/mol. The fraction of sp³-hybridized carbons (Fsp3) is 0.667. The Morgan fingerprint density at radius 2 is 1.75 bits per heavy atom. The summed E-state index contributed by atoms with van der Waals surface area (Å²) in [6.45, 7) is 11.6. The highest BCUT2D eigenvalue weighted by Crippen LogP contribution is 2.75. The predicted molar refractivity (Wildman–Crippen MR) is 101 cm³/mol. The predicted octanol–water partition coefficient (Wildman–Crippen LogP) is 5.54. The molecular weight excluding hydrogens is 312 g/mol. The summed E-state index contributed by atoms with van der Waals surface area (Å²) in [6, 6.07) is 10.6. The number of esters is 1. The molecule has 1 aromatic carbocycles.